The number of morpholine rings is 1. The number of amides is 1. The molecule has 0 saturated carbocycles. The Labute approximate surface area is 147 Å². The SMILES string of the molecule is O=C(Nc1nccc2ccccc12)[C@@H]1CC[C@H](CN2CCOCC2)O1. The van der Waals surface area contributed by atoms with Crippen LogP contribution in [0.2, 0.25) is 0 Å². The molecule has 132 valence electrons. The van der Waals surface area contributed by atoms with E-state index in [1.807, 2.05) is 30.3 Å². The number of carbonyl (C=O) groups is 1. The van der Waals surface area contributed by atoms with Crippen molar-refractivity contribution in [2.75, 3.05) is 38.2 Å². The van der Waals surface area contributed by atoms with Gasteiger partial charge in [-0.25, -0.2) is 4.98 Å². The Morgan fingerprint density at radius 3 is 2.92 bits per heavy atom. The molecule has 6 nitrogen and oxygen atoms in total. The fraction of sp³-hybridized carbons (Fsp3) is 0.474. The quantitative estimate of drug-likeness (QED) is 0.922. The largest absolute Gasteiger partial charge is 0.379 e. The second-order valence-corrected chi connectivity index (χ2v) is 6.61. The number of nitrogens with one attached hydrogen (secondary N) is 1. The van der Waals surface area contributed by atoms with Crippen LogP contribution in [0, 0.1) is 0 Å². The molecule has 6 heteroatoms. The second-order valence-electron chi connectivity index (χ2n) is 6.61. The zero-order valence-electron chi connectivity index (χ0n) is 14.2. The van der Waals surface area contributed by atoms with Crippen LogP contribution >= 0.6 is 0 Å². The number of pyridine rings is 1. The standard InChI is InChI=1S/C19H23N3O3/c23-19(21-18-16-4-2-1-3-14(16)7-8-20-18)17-6-5-15(25-17)13-22-9-11-24-12-10-22/h1-4,7-8,15,17H,5-6,9-13H2,(H,20,21,23)/t15-,17+/m1/s1. The molecule has 0 aliphatic carbocycles. The van der Waals surface area contributed by atoms with Gasteiger partial charge in [0.25, 0.3) is 5.91 Å². The highest BCUT2D eigenvalue weighted by Gasteiger charge is 2.32. The Morgan fingerprint density at radius 1 is 1.20 bits per heavy atom. The highest BCUT2D eigenvalue weighted by molar-refractivity contribution is 6.01. The van der Waals surface area contributed by atoms with Crippen LogP contribution in [-0.4, -0.2) is 60.8 Å². The van der Waals surface area contributed by atoms with E-state index >= 15 is 0 Å². The molecule has 2 saturated heterocycles. The third-order valence-corrected chi connectivity index (χ3v) is 4.88. The van der Waals surface area contributed by atoms with Gasteiger partial charge < -0.3 is 14.8 Å². The van der Waals surface area contributed by atoms with Gasteiger partial charge in [-0.05, 0) is 24.3 Å². The number of hydrogen-bond acceptors (Lipinski definition) is 5. The Balaban J connectivity index is 1.37. The lowest BCUT2D eigenvalue weighted by Crippen LogP contribution is -2.41. The third-order valence-electron chi connectivity index (χ3n) is 4.88. The minimum Gasteiger partial charge on any atom is -0.379 e. The summed E-state index contributed by atoms with van der Waals surface area (Å²) in [5.74, 6) is 0.497. The first-order valence-electron chi connectivity index (χ1n) is 8.90. The van der Waals surface area contributed by atoms with Gasteiger partial charge >= 0.3 is 0 Å². The van der Waals surface area contributed by atoms with E-state index < -0.39 is 6.10 Å². The molecule has 0 radical (unpaired) electrons. The maximum absolute atomic E-state index is 12.6. The van der Waals surface area contributed by atoms with Crippen LogP contribution in [0.1, 0.15) is 12.8 Å². The van der Waals surface area contributed by atoms with Gasteiger partial charge in [-0.1, -0.05) is 24.3 Å². The van der Waals surface area contributed by atoms with Crippen molar-refractivity contribution in [3.8, 4) is 0 Å². The smallest absolute Gasteiger partial charge is 0.254 e. The fourth-order valence-corrected chi connectivity index (χ4v) is 3.52. The number of carbonyl (C=O) groups excluding carboxylic acids is 1. The summed E-state index contributed by atoms with van der Waals surface area (Å²) in [5.41, 5.74) is 0. The van der Waals surface area contributed by atoms with Crippen LogP contribution in [-0.2, 0) is 14.3 Å². The average Bonchev–Trinajstić information content (AvgIpc) is 3.11. The third kappa shape index (κ3) is 3.81. The first-order chi connectivity index (χ1) is 12.3. The van der Waals surface area contributed by atoms with E-state index in [1.54, 1.807) is 6.20 Å². The van der Waals surface area contributed by atoms with Gasteiger partial charge in [0.15, 0.2) is 0 Å². The average molecular weight is 341 g/mol. The molecular formula is C19H23N3O3. The Bertz CT molecular complexity index is 740. The molecule has 1 amide bonds. The number of nitrogens with zero attached hydrogens (tertiary/aromatic N) is 2. The molecule has 3 heterocycles. The van der Waals surface area contributed by atoms with E-state index in [-0.39, 0.29) is 12.0 Å². The summed E-state index contributed by atoms with van der Waals surface area (Å²) in [6.45, 7) is 4.32. The fourth-order valence-electron chi connectivity index (χ4n) is 3.52. The van der Waals surface area contributed by atoms with Crippen LogP contribution in [0.15, 0.2) is 36.5 Å². The van der Waals surface area contributed by atoms with E-state index in [4.69, 9.17) is 9.47 Å². The van der Waals surface area contributed by atoms with Crippen LogP contribution < -0.4 is 5.32 Å². The summed E-state index contributed by atoms with van der Waals surface area (Å²) in [6, 6.07) is 9.84. The highest BCUT2D eigenvalue weighted by atomic mass is 16.5. The molecule has 2 aliphatic rings. The zero-order chi connectivity index (χ0) is 17.1. The molecule has 0 bridgehead atoms. The van der Waals surface area contributed by atoms with Crippen molar-refractivity contribution in [3.63, 3.8) is 0 Å². The van der Waals surface area contributed by atoms with Crippen LogP contribution in [0.5, 0.6) is 0 Å². The van der Waals surface area contributed by atoms with Crippen molar-refractivity contribution in [2.24, 2.45) is 0 Å². The van der Waals surface area contributed by atoms with E-state index in [2.05, 4.69) is 15.2 Å². The Kier molecular flexibility index (Phi) is 4.92. The molecule has 2 atom stereocenters. The molecule has 1 aromatic carbocycles. The summed E-state index contributed by atoms with van der Waals surface area (Å²) >= 11 is 0. The van der Waals surface area contributed by atoms with Gasteiger partial charge in [-0.15, -0.1) is 0 Å². The maximum atomic E-state index is 12.6. The van der Waals surface area contributed by atoms with Crippen molar-refractivity contribution in [1.29, 1.82) is 0 Å². The minimum atomic E-state index is -0.396. The van der Waals surface area contributed by atoms with E-state index in [1.165, 1.54) is 0 Å². The number of ether oxygens (including phenoxy) is 2. The zero-order valence-corrected chi connectivity index (χ0v) is 14.2. The number of aromatic nitrogens is 1. The van der Waals surface area contributed by atoms with Gasteiger partial charge in [0.2, 0.25) is 0 Å². The summed E-state index contributed by atoms with van der Waals surface area (Å²) in [5, 5.41) is 4.95. The second kappa shape index (κ2) is 7.47. The molecule has 2 fully saturated rings. The summed E-state index contributed by atoms with van der Waals surface area (Å²) in [7, 11) is 0. The number of benzene rings is 1. The molecule has 1 N–H and O–H groups in total. The summed E-state index contributed by atoms with van der Waals surface area (Å²) in [4.78, 5) is 19.3. The predicted octanol–water partition coefficient (Wildman–Crippen LogP) is 2.05. The molecule has 0 unspecified atom stereocenters. The summed E-state index contributed by atoms with van der Waals surface area (Å²) in [6.07, 6.45) is 3.11. The van der Waals surface area contributed by atoms with Crippen LogP contribution in [0.3, 0.4) is 0 Å². The maximum Gasteiger partial charge on any atom is 0.254 e. The lowest BCUT2D eigenvalue weighted by atomic mass is 10.1. The lowest BCUT2D eigenvalue weighted by Gasteiger charge is -2.28. The van der Waals surface area contributed by atoms with Crippen molar-refractivity contribution in [1.82, 2.24) is 9.88 Å². The topological polar surface area (TPSA) is 63.7 Å². The monoisotopic (exact) mass is 341 g/mol. The van der Waals surface area contributed by atoms with Crippen molar-refractivity contribution in [2.45, 2.75) is 25.0 Å². The van der Waals surface area contributed by atoms with Gasteiger partial charge in [-0.3, -0.25) is 9.69 Å². The van der Waals surface area contributed by atoms with Gasteiger partial charge in [0.05, 0.1) is 19.3 Å². The molecule has 4 rings (SSSR count). The molecule has 1 aromatic heterocycles. The van der Waals surface area contributed by atoms with Gasteiger partial charge in [0.1, 0.15) is 11.9 Å². The van der Waals surface area contributed by atoms with E-state index in [0.717, 1.165) is 56.5 Å². The number of fused-ring (bicyclic) bond motifs is 1. The van der Waals surface area contributed by atoms with Crippen LogP contribution in [0.4, 0.5) is 5.82 Å². The van der Waals surface area contributed by atoms with Crippen LogP contribution in [0.25, 0.3) is 10.8 Å². The minimum absolute atomic E-state index is 0.103. The normalized spacial score (nSPS) is 24.5. The van der Waals surface area contributed by atoms with Crippen molar-refractivity contribution >= 4 is 22.5 Å². The van der Waals surface area contributed by atoms with Gasteiger partial charge in [0, 0.05) is 31.2 Å². The Morgan fingerprint density at radius 2 is 2.04 bits per heavy atom. The Hall–Kier alpha value is -2.02. The highest BCUT2D eigenvalue weighted by Crippen LogP contribution is 2.24. The molecule has 2 aliphatic heterocycles. The van der Waals surface area contributed by atoms with E-state index in [0.29, 0.717) is 5.82 Å². The van der Waals surface area contributed by atoms with E-state index in [9.17, 15) is 4.79 Å². The molecular weight excluding hydrogens is 318 g/mol. The van der Waals surface area contributed by atoms with Crippen molar-refractivity contribution < 1.29 is 14.3 Å². The van der Waals surface area contributed by atoms with Crippen molar-refractivity contribution in [3.05, 3.63) is 36.5 Å². The summed E-state index contributed by atoms with van der Waals surface area (Å²) < 4.78 is 11.4. The number of hydrogen-bond donors (Lipinski definition) is 1. The number of anilines is 1. The predicted molar refractivity (Wildman–Crippen MR) is 95.5 cm³/mol. The van der Waals surface area contributed by atoms with Gasteiger partial charge in [-0.2, -0.15) is 0 Å². The first kappa shape index (κ1) is 16.4. The molecule has 0 spiro atoms. The first-order valence-corrected chi connectivity index (χ1v) is 8.90. The molecule has 25 heavy (non-hydrogen) atoms. The lowest BCUT2D eigenvalue weighted by molar-refractivity contribution is -0.127. The number of rotatable bonds is 4. The molecule has 2 aromatic rings.